The molecule has 20 heteroatoms. The Bertz CT molecular complexity index is 1030. The van der Waals surface area contributed by atoms with Crippen molar-refractivity contribution < 1.29 is 106 Å². The second-order valence-corrected chi connectivity index (χ2v) is 7.52. The van der Waals surface area contributed by atoms with E-state index in [1.807, 2.05) is 0 Å². The molecule has 2 amide bonds. The van der Waals surface area contributed by atoms with Crippen LogP contribution in [0, 0.1) is 0 Å². The second kappa shape index (κ2) is 12.7. The van der Waals surface area contributed by atoms with Crippen molar-refractivity contribution in [1.29, 1.82) is 0 Å². The molecule has 0 aliphatic carbocycles. The number of carboxylic acids is 1. The van der Waals surface area contributed by atoms with E-state index in [1.165, 1.54) is 5.38 Å². The monoisotopic (exact) mass is 510 g/mol. The summed E-state index contributed by atoms with van der Waals surface area (Å²) in [4.78, 5) is 44.9. The van der Waals surface area contributed by atoms with Crippen molar-refractivity contribution in [1.82, 2.24) is 9.29 Å². The van der Waals surface area contributed by atoms with Crippen molar-refractivity contribution in [3.05, 3.63) is 11.1 Å². The molecule has 164 valence electrons. The fourth-order valence-electron chi connectivity index (χ4n) is 2.19. The number of aliphatic imine (C=N–C) groups is 1. The molecular weight excluding hydrogens is 498 g/mol. The number of carboxylic acid groups (broad SMARTS) is 1. The quantitative estimate of drug-likeness (QED) is 0.0698. The van der Waals surface area contributed by atoms with Crippen LogP contribution in [-0.4, -0.2) is 77.1 Å². The molecular formula is C12H12N6Na2O10S2. The number of rotatable bonds is 9. The molecule has 0 radical (unpaired) electrons. The summed E-state index contributed by atoms with van der Waals surface area (Å²) in [5, 5.41) is 27.5. The molecule has 0 spiro atoms. The number of carbonyl (C=O) groups excluding carboxylic acids is 3. The van der Waals surface area contributed by atoms with Crippen molar-refractivity contribution in [3.63, 3.8) is 0 Å². The van der Waals surface area contributed by atoms with Crippen LogP contribution in [0.3, 0.4) is 0 Å². The number of aliphatic carboxylic acids is 1. The largest absolute Gasteiger partial charge is 1.00 e. The van der Waals surface area contributed by atoms with Crippen LogP contribution in [0.4, 0.5) is 9.93 Å². The molecule has 0 unspecified atom stereocenters. The minimum atomic E-state index is -5.05. The second-order valence-electron chi connectivity index (χ2n) is 5.34. The molecule has 1 fully saturated rings. The van der Waals surface area contributed by atoms with Gasteiger partial charge in [0.25, 0.3) is 5.91 Å². The zero-order valence-electron chi connectivity index (χ0n) is 16.5. The summed E-state index contributed by atoms with van der Waals surface area (Å²) in [5.74, 6) is -4.23. The Balaban J connectivity index is 0.00000480. The molecule has 1 aliphatic rings. The zero-order chi connectivity index (χ0) is 22.6. The smallest absolute Gasteiger partial charge is 0.857 e. The maximum absolute atomic E-state index is 12.5. The average Bonchev–Trinajstić information content (AvgIpc) is 3.04. The van der Waals surface area contributed by atoms with Gasteiger partial charge in [-0.2, -0.15) is 8.42 Å². The van der Waals surface area contributed by atoms with E-state index >= 15 is 0 Å². The van der Waals surface area contributed by atoms with E-state index in [0.717, 1.165) is 11.3 Å². The van der Waals surface area contributed by atoms with Crippen molar-refractivity contribution in [3.8, 4) is 0 Å². The summed E-state index contributed by atoms with van der Waals surface area (Å²) in [6.45, 7) is -1.83. The summed E-state index contributed by atoms with van der Waals surface area (Å²) in [6.07, 6.45) is -1.31. The Morgan fingerprint density at radius 3 is 2.44 bits per heavy atom. The number of primary amides is 1. The summed E-state index contributed by atoms with van der Waals surface area (Å²) >= 11 is 0.894. The number of nitrogens with two attached hydrogens (primary N) is 2. The minimum Gasteiger partial charge on any atom is -0.857 e. The first-order chi connectivity index (χ1) is 13.9. The summed E-state index contributed by atoms with van der Waals surface area (Å²) in [6, 6.07) is -3.28. The first-order valence-electron chi connectivity index (χ1n) is 7.51. The molecule has 2 heterocycles. The minimum absolute atomic E-state index is 0. The van der Waals surface area contributed by atoms with E-state index in [-0.39, 0.29) is 74.2 Å². The fraction of sp³-hybridized carbons (Fsp3) is 0.333. The number of thiazole rings is 1. The van der Waals surface area contributed by atoms with Gasteiger partial charge < -0.3 is 36.0 Å². The Hall–Kier alpha value is -1.51. The van der Waals surface area contributed by atoms with Crippen LogP contribution in [0.15, 0.2) is 15.5 Å². The van der Waals surface area contributed by atoms with E-state index < -0.39 is 65.2 Å². The van der Waals surface area contributed by atoms with Crippen LogP contribution in [0.5, 0.6) is 0 Å². The van der Waals surface area contributed by atoms with Crippen molar-refractivity contribution >= 4 is 56.4 Å². The number of oxime groups is 1. The first kappa shape index (κ1) is 30.5. The fourth-order valence-corrected chi connectivity index (χ4v) is 3.59. The number of hydrogen-bond donors (Lipinski definition) is 3. The predicted molar refractivity (Wildman–Crippen MR) is 93.0 cm³/mol. The van der Waals surface area contributed by atoms with Gasteiger partial charge in [0.1, 0.15) is 24.1 Å². The third-order valence-electron chi connectivity index (χ3n) is 3.34. The molecule has 0 aromatic carbocycles. The maximum atomic E-state index is 12.5. The van der Waals surface area contributed by atoms with Gasteiger partial charge in [-0.05, 0) is 0 Å². The SMILES string of the molecule is NC(=O)OC[C@@H]1[C@H](N=C([O-])/C(=N/OCC(=O)[O-])c2csc(N)n2)C(=O)N1S(=O)(=O)O.[Na+].[Na+]. The van der Waals surface area contributed by atoms with Gasteiger partial charge in [0, 0.05) is 11.3 Å². The summed E-state index contributed by atoms with van der Waals surface area (Å²) in [7, 11) is -5.05. The first-order valence-corrected chi connectivity index (χ1v) is 9.78. The van der Waals surface area contributed by atoms with E-state index in [9.17, 15) is 33.0 Å². The Morgan fingerprint density at radius 1 is 1.34 bits per heavy atom. The summed E-state index contributed by atoms with van der Waals surface area (Å²) in [5.41, 5.74) is 9.41. The van der Waals surface area contributed by atoms with Gasteiger partial charge in [-0.3, -0.25) is 14.3 Å². The Labute approximate surface area is 228 Å². The average molecular weight is 510 g/mol. The van der Waals surface area contributed by atoms with Gasteiger partial charge in [-0.25, -0.2) is 14.1 Å². The molecule has 2 atom stereocenters. The molecule has 0 bridgehead atoms. The molecule has 5 N–H and O–H groups in total. The number of aromatic nitrogens is 1. The molecule has 2 rings (SSSR count). The topological polar surface area (TPSA) is 263 Å². The van der Waals surface area contributed by atoms with Crippen LogP contribution in [-0.2, 0) is 29.5 Å². The number of amides is 2. The van der Waals surface area contributed by atoms with Gasteiger partial charge in [-0.15, -0.1) is 11.3 Å². The van der Waals surface area contributed by atoms with Gasteiger partial charge in [0.2, 0.25) is 0 Å². The van der Waals surface area contributed by atoms with Gasteiger partial charge in [0.05, 0.1) is 5.97 Å². The van der Waals surface area contributed by atoms with E-state index in [0.29, 0.717) is 0 Å². The van der Waals surface area contributed by atoms with E-state index in [4.69, 9.17) is 16.0 Å². The maximum Gasteiger partial charge on any atom is 1.00 e. The molecule has 0 saturated carbocycles. The molecule has 16 nitrogen and oxygen atoms in total. The Kier molecular flexibility index (Phi) is 12.1. The number of nitrogens with zero attached hydrogens (tertiary/aromatic N) is 4. The van der Waals surface area contributed by atoms with Crippen LogP contribution < -0.4 is 80.8 Å². The number of β-lactam (4-membered cyclic amide) rings is 1. The third kappa shape index (κ3) is 7.81. The molecule has 32 heavy (non-hydrogen) atoms. The van der Waals surface area contributed by atoms with Gasteiger partial charge in [-0.1, -0.05) is 5.16 Å². The van der Waals surface area contributed by atoms with Crippen LogP contribution in [0.1, 0.15) is 5.69 Å². The Morgan fingerprint density at radius 2 is 1.97 bits per heavy atom. The van der Waals surface area contributed by atoms with Crippen LogP contribution >= 0.6 is 11.3 Å². The van der Waals surface area contributed by atoms with Crippen molar-refractivity contribution in [2.45, 2.75) is 12.1 Å². The number of nitrogen functional groups attached to an aromatic ring is 1. The normalized spacial score (nSPS) is 18.7. The van der Waals surface area contributed by atoms with Crippen molar-refractivity contribution in [2.24, 2.45) is 15.9 Å². The van der Waals surface area contributed by atoms with E-state index in [2.05, 4.69) is 24.7 Å². The third-order valence-corrected chi connectivity index (χ3v) is 4.96. The summed E-state index contributed by atoms with van der Waals surface area (Å²) < 4.78 is 36.1. The molecule has 1 aromatic rings. The molecule has 1 aromatic heterocycles. The molecule has 1 aliphatic heterocycles. The van der Waals surface area contributed by atoms with Gasteiger partial charge >= 0.3 is 75.5 Å². The predicted octanol–water partition coefficient (Wildman–Crippen LogP) is -10.6. The van der Waals surface area contributed by atoms with Crippen molar-refractivity contribution in [2.75, 3.05) is 18.9 Å². The molecule has 1 saturated heterocycles. The number of ether oxygens (including phenoxy) is 1. The zero-order valence-corrected chi connectivity index (χ0v) is 22.2. The van der Waals surface area contributed by atoms with E-state index in [1.54, 1.807) is 0 Å². The number of anilines is 1. The van der Waals surface area contributed by atoms with Crippen LogP contribution in [0.25, 0.3) is 0 Å². The number of hydrogen-bond acceptors (Lipinski definition) is 14. The standard InChI is InChI=1S/C12H14N6O10S2.2Na/c13-11-15-4(3-29-11)7(17-28-2-6(19)20)9(21)16-8-5(1-27-12(14)23)18(10(8)22)30(24,25)26;;/h3,5,8H,1-2H2,(H2,13,15)(H2,14,23)(H,16,21)(H,19,20)(H,24,25,26);;/q;2*+1/p-2/b17-7+;;/t5-,8+;;/m1../s1. The van der Waals surface area contributed by atoms with Gasteiger partial charge in [0.15, 0.2) is 17.8 Å². The number of carbonyl (C=O) groups is 3. The van der Waals surface area contributed by atoms with Crippen LogP contribution in [0.2, 0.25) is 0 Å².